The maximum Gasteiger partial charge on any atom is 0.314 e. The van der Waals surface area contributed by atoms with Gasteiger partial charge in [-0.15, -0.1) is 0 Å². The summed E-state index contributed by atoms with van der Waals surface area (Å²) in [6, 6.07) is -0.0215. The minimum Gasteiger partial charge on any atom is -0.381 e. The third-order valence-corrected chi connectivity index (χ3v) is 4.25. The van der Waals surface area contributed by atoms with Crippen molar-refractivity contribution in [1.82, 2.24) is 10.6 Å². The summed E-state index contributed by atoms with van der Waals surface area (Å²) in [6.07, 6.45) is 16.4. The van der Waals surface area contributed by atoms with E-state index in [2.05, 4.69) is 10.6 Å². The average molecular weight is 312 g/mol. The van der Waals surface area contributed by atoms with Crippen LogP contribution in [0.25, 0.3) is 0 Å². The highest BCUT2D eigenvalue weighted by molar-refractivity contribution is 5.73. The van der Waals surface area contributed by atoms with E-state index in [-0.39, 0.29) is 6.03 Å². The Morgan fingerprint density at radius 2 is 0.909 bits per heavy atom. The topological polar surface area (TPSA) is 50.4 Å². The first-order valence-electron chi connectivity index (χ1n) is 9.49. The van der Waals surface area contributed by atoms with Gasteiger partial charge in [0.05, 0.1) is 0 Å². The van der Waals surface area contributed by atoms with Crippen LogP contribution in [0.5, 0.6) is 0 Å². The standard InChI is InChI=1S/C18H36N2O2/c21-18-19-14-10-8-6-4-2-1-3-5-7-9-12-16-22-17-13-11-15-20-18/h1-17H2,(H2,19,20,21). The first-order valence-corrected chi connectivity index (χ1v) is 9.49. The molecule has 0 spiro atoms. The number of urea groups is 1. The van der Waals surface area contributed by atoms with Gasteiger partial charge in [-0.05, 0) is 25.7 Å². The van der Waals surface area contributed by atoms with Crippen molar-refractivity contribution in [1.29, 1.82) is 0 Å². The van der Waals surface area contributed by atoms with Gasteiger partial charge in [-0.3, -0.25) is 0 Å². The Bertz CT molecular complexity index is 235. The molecular formula is C18H36N2O2. The predicted octanol–water partition coefficient (Wildman–Crippen LogP) is 4.39. The van der Waals surface area contributed by atoms with Crippen molar-refractivity contribution in [3.05, 3.63) is 0 Å². The maximum atomic E-state index is 11.5. The van der Waals surface area contributed by atoms with Crippen LogP contribution >= 0.6 is 0 Å². The van der Waals surface area contributed by atoms with E-state index in [1.54, 1.807) is 0 Å². The quantitative estimate of drug-likeness (QED) is 0.697. The number of amides is 2. The Balaban J connectivity index is 2.09. The summed E-state index contributed by atoms with van der Waals surface area (Å²) in [7, 11) is 0. The SMILES string of the molecule is O=C1NCCCCCCCCCCCCCOCCCCN1. The summed E-state index contributed by atoms with van der Waals surface area (Å²) in [6.45, 7) is 3.27. The maximum absolute atomic E-state index is 11.5. The molecule has 1 fully saturated rings. The van der Waals surface area contributed by atoms with Gasteiger partial charge < -0.3 is 15.4 Å². The Morgan fingerprint density at radius 3 is 1.45 bits per heavy atom. The molecule has 0 aromatic heterocycles. The summed E-state index contributed by atoms with van der Waals surface area (Å²) < 4.78 is 5.63. The van der Waals surface area contributed by atoms with Gasteiger partial charge in [0.25, 0.3) is 0 Å². The summed E-state index contributed by atoms with van der Waals surface area (Å²) >= 11 is 0. The normalized spacial score (nSPS) is 22.8. The van der Waals surface area contributed by atoms with E-state index in [1.165, 1.54) is 64.2 Å². The van der Waals surface area contributed by atoms with Crippen molar-refractivity contribution in [2.75, 3.05) is 26.3 Å². The second kappa shape index (κ2) is 15.1. The molecule has 1 heterocycles. The third kappa shape index (κ3) is 12.9. The van der Waals surface area contributed by atoms with Gasteiger partial charge in [0.15, 0.2) is 0 Å². The predicted molar refractivity (Wildman–Crippen MR) is 92.2 cm³/mol. The molecule has 0 aromatic carbocycles. The van der Waals surface area contributed by atoms with E-state index in [9.17, 15) is 4.79 Å². The van der Waals surface area contributed by atoms with Crippen molar-refractivity contribution in [3.63, 3.8) is 0 Å². The van der Waals surface area contributed by atoms with Gasteiger partial charge in [0.2, 0.25) is 0 Å². The molecule has 0 saturated carbocycles. The number of ether oxygens (including phenoxy) is 1. The lowest BCUT2D eigenvalue weighted by Gasteiger charge is -2.08. The zero-order valence-corrected chi connectivity index (χ0v) is 14.3. The molecule has 1 aliphatic rings. The fourth-order valence-corrected chi connectivity index (χ4v) is 2.82. The lowest BCUT2D eigenvalue weighted by Crippen LogP contribution is -2.36. The Morgan fingerprint density at radius 1 is 0.545 bits per heavy atom. The number of rotatable bonds is 0. The molecule has 0 radical (unpaired) electrons. The minimum atomic E-state index is -0.0215. The highest BCUT2D eigenvalue weighted by atomic mass is 16.5. The van der Waals surface area contributed by atoms with Crippen LogP contribution in [0.15, 0.2) is 0 Å². The first-order chi connectivity index (χ1) is 10.9. The van der Waals surface area contributed by atoms with Gasteiger partial charge in [-0.2, -0.15) is 0 Å². The van der Waals surface area contributed by atoms with Crippen molar-refractivity contribution in [2.24, 2.45) is 0 Å². The molecule has 1 rings (SSSR count). The second-order valence-corrected chi connectivity index (χ2v) is 6.39. The highest BCUT2D eigenvalue weighted by Crippen LogP contribution is 2.11. The Kier molecular flexibility index (Phi) is 13.3. The van der Waals surface area contributed by atoms with E-state index < -0.39 is 0 Å². The van der Waals surface area contributed by atoms with Crippen molar-refractivity contribution < 1.29 is 9.53 Å². The molecule has 0 aromatic rings. The van der Waals surface area contributed by atoms with E-state index in [4.69, 9.17) is 4.74 Å². The van der Waals surface area contributed by atoms with Crippen molar-refractivity contribution in [2.45, 2.75) is 83.5 Å². The molecule has 1 aliphatic heterocycles. The third-order valence-electron chi connectivity index (χ3n) is 4.25. The molecule has 0 unspecified atom stereocenters. The fraction of sp³-hybridized carbons (Fsp3) is 0.944. The number of hydrogen-bond acceptors (Lipinski definition) is 2. The van der Waals surface area contributed by atoms with Gasteiger partial charge in [0.1, 0.15) is 0 Å². The monoisotopic (exact) mass is 312 g/mol. The largest absolute Gasteiger partial charge is 0.381 e. The van der Waals surface area contributed by atoms with Gasteiger partial charge in [0, 0.05) is 26.3 Å². The summed E-state index contributed by atoms with van der Waals surface area (Å²) in [5, 5.41) is 5.84. The van der Waals surface area contributed by atoms with Gasteiger partial charge >= 0.3 is 6.03 Å². The van der Waals surface area contributed by atoms with Crippen LogP contribution < -0.4 is 10.6 Å². The van der Waals surface area contributed by atoms with Crippen LogP contribution in [0.3, 0.4) is 0 Å². The molecule has 4 nitrogen and oxygen atoms in total. The van der Waals surface area contributed by atoms with Crippen LogP contribution in [0.4, 0.5) is 4.79 Å². The zero-order valence-electron chi connectivity index (χ0n) is 14.3. The van der Waals surface area contributed by atoms with E-state index >= 15 is 0 Å². The zero-order chi connectivity index (χ0) is 15.7. The minimum absolute atomic E-state index is 0.0215. The number of carbonyl (C=O) groups is 1. The smallest absolute Gasteiger partial charge is 0.314 e. The molecule has 22 heavy (non-hydrogen) atoms. The van der Waals surface area contributed by atoms with Gasteiger partial charge in [-0.25, -0.2) is 4.79 Å². The Labute approximate surface area is 136 Å². The van der Waals surface area contributed by atoms with Crippen LogP contribution in [0.1, 0.15) is 83.5 Å². The summed E-state index contributed by atoms with van der Waals surface area (Å²) in [4.78, 5) is 11.5. The molecule has 0 bridgehead atoms. The lowest BCUT2D eigenvalue weighted by molar-refractivity contribution is 0.126. The molecule has 4 heteroatoms. The molecule has 0 aliphatic carbocycles. The molecule has 2 amide bonds. The Hall–Kier alpha value is -0.770. The number of hydrogen-bond donors (Lipinski definition) is 2. The van der Waals surface area contributed by atoms with Gasteiger partial charge in [-0.1, -0.05) is 57.8 Å². The first kappa shape index (κ1) is 19.3. The molecule has 2 N–H and O–H groups in total. The lowest BCUT2D eigenvalue weighted by atomic mass is 10.1. The van der Waals surface area contributed by atoms with Crippen LogP contribution in [0, 0.1) is 0 Å². The van der Waals surface area contributed by atoms with E-state index in [1.807, 2.05) is 0 Å². The average Bonchev–Trinajstić information content (AvgIpc) is 2.52. The highest BCUT2D eigenvalue weighted by Gasteiger charge is 1.99. The van der Waals surface area contributed by atoms with E-state index in [0.717, 1.165) is 45.6 Å². The molecular weight excluding hydrogens is 276 g/mol. The van der Waals surface area contributed by atoms with Crippen molar-refractivity contribution in [3.8, 4) is 0 Å². The summed E-state index contributed by atoms with van der Waals surface area (Å²) in [5.41, 5.74) is 0. The van der Waals surface area contributed by atoms with E-state index in [0.29, 0.717) is 0 Å². The molecule has 130 valence electrons. The number of nitrogens with one attached hydrogen (secondary N) is 2. The van der Waals surface area contributed by atoms with Crippen molar-refractivity contribution >= 4 is 6.03 Å². The summed E-state index contributed by atoms with van der Waals surface area (Å²) in [5.74, 6) is 0. The molecule has 0 atom stereocenters. The van der Waals surface area contributed by atoms with Crippen LogP contribution in [-0.4, -0.2) is 32.3 Å². The number of carbonyl (C=O) groups excluding carboxylic acids is 1. The second-order valence-electron chi connectivity index (χ2n) is 6.39. The van der Waals surface area contributed by atoms with Crippen LogP contribution in [0.2, 0.25) is 0 Å². The van der Waals surface area contributed by atoms with Crippen LogP contribution in [-0.2, 0) is 4.74 Å². The molecule has 1 saturated heterocycles. The fourth-order valence-electron chi connectivity index (χ4n) is 2.82.